The first-order valence-corrected chi connectivity index (χ1v) is 7.63. The predicted molar refractivity (Wildman–Crippen MR) is 72.3 cm³/mol. The van der Waals surface area contributed by atoms with Crippen LogP contribution in [0.15, 0.2) is 0 Å². The molecule has 0 aliphatic heterocycles. The normalized spacial score (nSPS) is 30.6. The topological polar surface area (TPSA) is 38.3 Å². The fraction of sp³-hybridized carbons (Fsp3) is 0.933. The molecule has 2 aliphatic carbocycles. The predicted octanol–water partition coefficient (Wildman–Crippen LogP) is 2.89. The first-order valence-electron chi connectivity index (χ1n) is 7.63. The van der Waals surface area contributed by atoms with Gasteiger partial charge >= 0.3 is 5.97 Å². The third-order valence-corrected chi connectivity index (χ3v) is 4.65. The van der Waals surface area contributed by atoms with E-state index in [0.717, 1.165) is 25.2 Å². The Hall–Kier alpha value is -0.570. The van der Waals surface area contributed by atoms with Crippen LogP contribution in [0.1, 0.15) is 58.8 Å². The first-order chi connectivity index (χ1) is 8.70. The molecule has 3 atom stereocenters. The molecule has 3 heteroatoms. The van der Waals surface area contributed by atoms with Gasteiger partial charge in [0.2, 0.25) is 0 Å². The number of ether oxygens (including phenoxy) is 1. The Morgan fingerprint density at radius 1 is 1.28 bits per heavy atom. The van der Waals surface area contributed by atoms with Gasteiger partial charge < -0.3 is 10.1 Å². The maximum Gasteiger partial charge on any atom is 0.308 e. The highest BCUT2D eigenvalue weighted by molar-refractivity contribution is 5.72. The molecule has 3 nitrogen and oxygen atoms in total. The first kappa shape index (κ1) is 13.9. The summed E-state index contributed by atoms with van der Waals surface area (Å²) in [7, 11) is 0. The summed E-state index contributed by atoms with van der Waals surface area (Å²) in [5.41, 5.74) is 0. The molecule has 0 aromatic rings. The van der Waals surface area contributed by atoms with Gasteiger partial charge in [0.15, 0.2) is 0 Å². The molecule has 0 aromatic carbocycles. The van der Waals surface area contributed by atoms with E-state index in [-0.39, 0.29) is 11.9 Å². The molecule has 0 amide bonds. The fourth-order valence-corrected chi connectivity index (χ4v) is 3.26. The number of carbonyl (C=O) groups excluding carboxylic acids is 1. The van der Waals surface area contributed by atoms with E-state index < -0.39 is 0 Å². The Kier molecular flexibility index (Phi) is 5.04. The van der Waals surface area contributed by atoms with Gasteiger partial charge in [0, 0.05) is 12.1 Å². The van der Waals surface area contributed by atoms with Crippen molar-refractivity contribution in [2.45, 2.75) is 70.9 Å². The van der Waals surface area contributed by atoms with E-state index in [1.165, 1.54) is 25.7 Å². The Bertz CT molecular complexity index is 276. The quantitative estimate of drug-likeness (QED) is 0.766. The van der Waals surface area contributed by atoms with Crippen LogP contribution in [0.2, 0.25) is 0 Å². The highest BCUT2D eigenvalue weighted by Crippen LogP contribution is 2.31. The Balaban J connectivity index is 1.77. The van der Waals surface area contributed by atoms with Crippen LogP contribution in [0, 0.1) is 11.8 Å². The lowest BCUT2D eigenvalue weighted by atomic mass is 9.79. The van der Waals surface area contributed by atoms with E-state index in [1.54, 1.807) is 0 Å². The van der Waals surface area contributed by atoms with Crippen LogP contribution in [0.25, 0.3) is 0 Å². The van der Waals surface area contributed by atoms with Gasteiger partial charge in [0.1, 0.15) is 0 Å². The summed E-state index contributed by atoms with van der Waals surface area (Å²) in [4.78, 5) is 11.8. The molecule has 0 radical (unpaired) electrons. The van der Waals surface area contributed by atoms with Gasteiger partial charge in [0.25, 0.3) is 0 Å². The summed E-state index contributed by atoms with van der Waals surface area (Å²) in [6.07, 6.45) is 8.49. The number of hydrogen-bond acceptors (Lipinski definition) is 3. The smallest absolute Gasteiger partial charge is 0.308 e. The molecule has 2 rings (SSSR count). The maximum absolute atomic E-state index is 11.8. The molecule has 2 fully saturated rings. The second-order valence-corrected chi connectivity index (χ2v) is 5.96. The highest BCUT2D eigenvalue weighted by atomic mass is 16.5. The summed E-state index contributed by atoms with van der Waals surface area (Å²) in [6.45, 7) is 4.69. The second kappa shape index (κ2) is 6.55. The van der Waals surface area contributed by atoms with E-state index in [9.17, 15) is 4.79 Å². The molecule has 3 unspecified atom stereocenters. The number of nitrogens with one attached hydrogen (secondary N) is 1. The number of esters is 1. The molecule has 0 saturated heterocycles. The van der Waals surface area contributed by atoms with Crippen molar-refractivity contribution < 1.29 is 9.53 Å². The van der Waals surface area contributed by atoms with Crippen molar-refractivity contribution in [3.05, 3.63) is 0 Å². The van der Waals surface area contributed by atoms with Crippen LogP contribution in [0.5, 0.6) is 0 Å². The highest BCUT2D eigenvalue weighted by Gasteiger charge is 2.31. The zero-order valence-corrected chi connectivity index (χ0v) is 11.8. The lowest BCUT2D eigenvalue weighted by molar-refractivity contribution is -0.149. The molecule has 2 aliphatic rings. The average Bonchev–Trinajstić information content (AvgIpc) is 2.27. The van der Waals surface area contributed by atoms with E-state index >= 15 is 0 Å². The summed E-state index contributed by atoms with van der Waals surface area (Å²) in [5.74, 6) is 1.01. The molecule has 0 aromatic heterocycles. The zero-order valence-electron chi connectivity index (χ0n) is 11.8. The number of rotatable bonds is 5. The monoisotopic (exact) mass is 253 g/mol. The summed E-state index contributed by atoms with van der Waals surface area (Å²) >= 11 is 0. The third kappa shape index (κ3) is 3.47. The Morgan fingerprint density at radius 2 is 2.00 bits per heavy atom. The molecule has 0 bridgehead atoms. The Labute approximate surface area is 111 Å². The SMILES string of the molecule is CCOC(=O)C1CCCC(NC(C)C2CCC2)C1. The van der Waals surface area contributed by atoms with E-state index in [1.807, 2.05) is 6.92 Å². The second-order valence-electron chi connectivity index (χ2n) is 5.96. The van der Waals surface area contributed by atoms with Gasteiger partial charge in [-0.15, -0.1) is 0 Å². The van der Waals surface area contributed by atoms with Crippen molar-refractivity contribution in [1.29, 1.82) is 0 Å². The van der Waals surface area contributed by atoms with Gasteiger partial charge in [-0.05, 0) is 51.9 Å². The van der Waals surface area contributed by atoms with Crippen molar-refractivity contribution in [2.75, 3.05) is 6.61 Å². The summed E-state index contributed by atoms with van der Waals surface area (Å²) in [5, 5.41) is 3.74. The fourth-order valence-electron chi connectivity index (χ4n) is 3.26. The zero-order chi connectivity index (χ0) is 13.0. The number of carbonyl (C=O) groups is 1. The van der Waals surface area contributed by atoms with Crippen LogP contribution >= 0.6 is 0 Å². The van der Waals surface area contributed by atoms with Crippen LogP contribution in [0.3, 0.4) is 0 Å². The maximum atomic E-state index is 11.8. The molecule has 0 heterocycles. The van der Waals surface area contributed by atoms with E-state index in [2.05, 4.69) is 12.2 Å². The van der Waals surface area contributed by atoms with Crippen molar-refractivity contribution in [1.82, 2.24) is 5.32 Å². The van der Waals surface area contributed by atoms with Crippen LogP contribution in [-0.2, 0) is 9.53 Å². The Morgan fingerprint density at radius 3 is 2.61 bits per heavy atom. The molecule has 18 heavy (non-hydrogen) atoms. The molecule has 1 N–H and O–H groups in total. The minimum absolute atomic E-state index is 0.0142. The van der Waals surface area contributed by atoms with Crippen LogP contribution < -0.4 is 5.32 Å². The van der Waals surface area contributed by atoms with Gasteiger partial charge in [-0.3, -0.25) is 4.79 Å². The van der Waals surface area contributed by atoms with Crippen molar-refractivity contribution in [3.8, 4) is 0 Å². The lowest BCUT2D eigenvalue weighted by Crippen LogP contribution is -2.45. The van der Waals surface area contributed by atoms with Gasteiger partial charge in [0.05, 0.1) is 12.5 Å². The van der Waals surface area contributed by atoms with E-state index in [4.69, 9.17) is 4.74 Å². The third-order valence-electron chi connectivity index (χ3n) is 4.65. The van der Waals surface area contributed by atoms with Crippen molar-refractivity contribution >= 4 is 5.97 Å². The summed E-state index contributed by atoms with van der Waals surface area (Å²) in [6, 6.07) is 1.13. The van der Waals surface area contributed by atoms with Crippen molar-refractivity contribution in [2.24, 2.45) is 11.8 Å². The van der Waals surface area contributed by atoms with Gasteiger partial charge in [-0.2, -0.15) is 0 Å². The van der Waals surface area contributed by atoms with Crippen LogP contribution in [0.4, 0.5) is 0 Å². The molecule has 2 saturated carbocycles. The van der Waals surface area contributed by atoms with Crippen molar-refractivity contribution in [3.63, 3.8) is 0 Å². The minimum Gasteiger partial charge on any atom is -0.466 e. The largest absolute Gasteiger partial charge is 0.466 e. The molecule has 0 spiro atoms. The molecular weight excluding hydrogens is 226 g/mol. The van der Waals surface area contributed by atoms with Gasteiger partial charge in [-0.1, -0.05) is 12.8 Å². The number of hydrogen-bond donors (Lipinski definition) is 1. The average molecular weight is 253 g/mol. The minimum atomic E-state index is 0.0142. The molecule has 104 valence electrons. The van der Waals surface area contributed by atoms with Crippen LogP contribution in [-0.4, -0.2) is 24.7 Å². The lowest BCUT2D eigenvalue weighted by Gasteiger charge is -2.37. The van der Waals surface area contributed by atoms with E-state index in [0.29, 0.717) is 18.7 Å². The standard InChI is InChI=1S/C15H27NO2/c1-3-18-15(17)13-8-5-9-14(10-13)16-11(2)12-6-4-7-12/h11-14,16H,3-10H2,1-2H3. The summed E-state index contributed by atoms with van der Waals surface area (Å²) < 4.78 is 5.15. The van der Waals surface area contributed by atoms with Gasteiger partial charge in [-0.25, -0.2) is 0 Å². The molecular formula is C15H27NO2.